The summed E-state index contributed by atoms with van der Waals surface area (Å²) >= 11 is 0. The lowest BCUT2D eigenvalue weighted by molar-refractivity contribution is -0.0102. The van der Waals surface area contributed by atoms with Crippen molar-refractivity contribution in [2.45, 2.75) is 59.8 Å². The van der Waals surface area contributed by atoms with Gasteiger partial charge in [-0.3, -0.25) is 0 Å². The van der Waals surface area contributed by atoms with Gasteiger partial charge in [0.05, 0.1) is 7.11 Å². The van der Waals surface area contributed by atoms with Gasteiger partial charge in [0.25, 0.3) is 0 Å². The highest BCUT2D eigenvalue weighted by Gasteiger charge is 2.33. The quantitative estimate of drug-likeness (QED) is 0.745. The van der Waals surface area contributed by atoms with E-state index in [0.717, 1.165) is 16.8 Å². The molecule has 6 heteroatoms. The Morgan fingerprint density at radius 2 is 1.75 bits per heavy atom. The third-order valence-corrected chi connectivity index (χ3v) is 4.38. The standard InChI is InChI=1S/C16H22F2N2O2.C2H6/c1-10-11(2)13(15(21)22-4)14(19-12(10)3)20-8-5-6-16(17,18)7-9-20;1-2/h5-9H2,1-4H3;1-2H3. The Kier molecular flexibility index (Phi) is 7.11. The summed E-state index contributed by atoms with van der Waals surface area (Å²) < 4.78 is 32.0. The fraction of sp³-hybridized carbons (Fsp3) is 0.667. The van der Waals surface area contributed by atoms with Gasteiger partial charge in [0.15, 0.2) is 0 Å². The molecule has 2 rings (SSSR count). The van der Waals surface area contributed by atoms with Gasteiger partial charge < -0.3 is 9.64 Å². The number of methoxy groups -OCH3 is 1. The Hall–Kier alpha value is -1.72. The summed E-state index contributed by atoms with van der Waals surface area (Å²) in [4.78, 5) is 18.4. The van der Waals surface area contributed by atoms with E-state index >= 15 is 0 Å². The number of ether oxygens (including phenoxy) is 1. The number of halogens is 2. The first-order chi connectivity index (χ1) is 11.3. The van der Waals surface area contributed by atoms with Crippen molar-refractivity contribution in [3.8, 4) is 0 Å². The molecule has 24 heavy (non-hydrogen) atoms. The predicted octanol–water partition coefficient (Wildman–Crippen LogP) is 4.45. The van der Waals surface area contributed by atoms with Crippen molar-refractivity contribution in [2.24, 2.45) is 0 Å². The van der Waals surface area contributed by atoms with Crippen LogP contribution in [0.5, 0.6) is 0 Å². The van der Waals surface area contributed by atoms with Crippen molar-refractivity contribution in [3.05, 3.63) is 22.4 Å². The Balaban J connectivity index is 0.00000139. The first-order valence-corrected chi connectivity index (χ1v) is 8.45. The van der Waals surface area contributed by atoms with Crippen LogP contribution in [0.4, 0.5) is 14.6 Å². The third kappa shape index (κ3) is 4.42. The molecule has 1 aromatic heterocycles. The van der Waals surface area contributed by atoms with Crippen molar-refractivity contribution >= 4 is 11.8 Å². The van der Waals surface area contributed by atoms with Gasteiger partial charge in [-0.15, -0.1) is 0 Å². The maximum Gasteiger partial charge on any atom is 0.341 e. The van der Waals surface area contributed by atoms with Gasteiger partial charge in [0.1, 0.15) is 11.4 Å². The zero-order valence-electron chi connectivity index (χ0n) is 15.5. The van der Waals surface area contributed by atoms with Crippen LogP contribution in [-0.4, -0.2) is 37.1 Å². The summed E-state index contributed by atoms with van der Waals surface area (Å²) in [5.41, 5.74) is 2.90. The van der Waals surface area contributed by atoms with Gasteiger partial charge in [-0.25, -0.2) is 18.6 Å². The molecular formula is C18H28F2N2O2. The SMILES string of the molecule is CC.COC(=O)c1c(N2CCCC(F)(F)CC2)nc(C)c(C)c1C. The first kappa shape index (κ1) is 20.3. The molecule has 0 bridgehead atoms. The number of nitrogens with zero attached hydrogens (tertiary/aromatic N) is 2. The minimum Gasteiger partial charge on any atom is -0.465 e. The highest BCUT2D eigenvalue weighted by molar-refractivity contribution is 5.96. The van der Waals surface area contributed by atoms with Crippen molar-refractivity contribution in [1.29, 1.82) is 0 Å². The lowest BCUT2D eigenvalue weighted by Crippen LogP contribution is -2.29. The molecule has 1 saturated heterocycles. The van der Waals surface area contributed by atoms with E-state index in [9.17, 15) is 13.6 Å². The van der Waals surface area contributed by atoms with Crippen LogP contribution in [-0.2, 0) is 4.74 Å². The van der Waals surface area contributed by atoms with Crippen LogP contribution < -0.4 is 4.90 Å². The summed E-state index contributed by atoms with van der Waals surface area (Å²) in [6.07, 6.45) is 0.0312. The average Bonchev–Trinajstić information content (AvgIpc) is 2.74. The van der Waals surface area contributed by atoms with Crippen LogP contribution in [0.25, 0.3) is 0 Å². The van der Waals surface area contributed by atoms with E-state index in [-0.39, 0.29) is 19.4 Å². The molecule has 0 spiro atoms. The fourth-order valence-electron chi connectivity index (χ4n) is 2.78. The molecule has 0 unspecified atom stereocenters. The summed E-state index contributed by atoms with van der Waals surface area (Å²) in [7, 11) is 1.32. The Morgan fingerprint density at radius 3 is 2.33 bits per heavy atom. The third-order valence-electron chi connectivity index (χ3n) is 4.38. The second-order valence-electron chi connectivity index (χ2n) is 5.83. The highest BCUT2D eigenvalue weighted by Crippen LogP contribution is 2.32. The lowest BCUT2D eigenvalue weighted by Gasteiger charge is -2.26. The van der Waals surface area contributed by atoms with E-state index < -0.39 is 11.9 Å². The topological polar surface area (TPSA) is 42.4 Å². The predicted molar refractivity (Wildman–Crippen MR) is 92.1 cm³/mol. The molecule has 136 valence electrons. The van der Waals surface area contributed by atoms with Crippen LogP contribution in [0.3, 0.4) is 0 Å². The monoisotopic (exact) mass is 342 g/mol. The Morgan fingerprint density at radius 1 is 1.12 bits per heavy atom. The van der Waals surface area contributed by atoms with Gasteiger partial charge in [0, 0.05) is 31.6 Å². The number of anilines is 1. The zero-order chi connectivity index (χ0) is 18.5. The first-order valence-electron chi connectivity index (χ1n) is 8.45. The van der Waals surface area contributed by atoms with Crippen molar-refractivity contribution < 1.29 is 18.3 Å². The molecule has 1 aromatic rings. The van der Waals surface area contributed by atoms with Crippen LogP contribution in [0.2, 0.25) is 0 Å². The average molecular weight is 342 g/mol. The fourth-order valence-corrected chi connectivity index (χ4v) is 2.78. The summed E-state index contributed by atoms with van der Waals surface area (Å²) in [6, 6.07) is 0. The summed E-state index contributed by atoms with van der Waals surface area (Å²) in [6.45, 7) is 10.2. The number of alkyl halides is 2. The molecule has 1 aliphatic rings. The van der Waals surface area contributed by atoms with Crippen molar-refractivity contribution in [1.82, 2.24) is 4.98 Å². The number of hydrogen-bond acceptors (Lipinski definition) is 4. The molecule has 4 nitrogen and oxygen atoms in total. The van der Waals surface area contributed by atoms with Crippen molar-refractivity contribution in [2.75, 3.05) is 25.1 Å². The largest absolute Gasteiger partial charge is 0.465 e. The number of carbonyl (C=O) groups excluding carboxylic acids is 1. The van der Waals surface area contributed by atoms with Gasteiger partial charge in [-0.05, 0) is 38.3 Å². The van der Waals surface area contributed by atoms with Crippen LogP contribution in [0, 0.1) is 20.8 Å². The minimum atomic E-state index is -2.64. The number of esters is 1. The van der Waals surface area contributed by atoms with Crippen LogP contribution in [0.15, 0.2) is 0 Å². The molecule has 0 atom stereocenters. The van der Waals surface area contributed by atoms with E-state index in [1.807, 2.05) is 34.6 Å². The number of aromatic nitrogens is 1. The molecule has 0 aliphatic carbocycles. The smallest absolute Gasteiger partial charge is 0.341 e. The molecule has 0 aromatic carbocycles. The Bertz CT molecular complexity index is 589. The number of pyridine rings is 1. The number of hydrogen-bond donors (Lipinski definition) is 0. The summed E-state index contributed by atoms with van der Waals surface area (Å²) in [5.74, 6) is -2.65. The molecule has 1 aliphatic heterocycles. The minimum absolute atomic E-state index is 0.124. The summed E-state index contributed by atoms with van der Waals surface area (Å²) in [5, 5.41) is 0. The Labute approximate surface area is 143 Å². The van der Waals surface area contributed by atoms with E-state index in [1.165, 1.54) is 7.11 Å². The molecule has 0 saturated carbocycles. The van der Waals surface area contributed by atoms with Gasteiger partial charge in [-0.2, -0.15) is 0 Å². The van der Waals surface area contributed by atoms with Crippen LogP contribution in [0.1, 0.15) is 60.3 Å². The molecule has 0 amide bonds. The molecular weight excluding hydrogens is 314 g/mol. The number of carbonyl (C=O) groups is 1. The number of rotatable bonds is 2. The normalized spacial score (nSPS) is 16.8. The molecule has 0 N–H and O–H groups in total. The number of aryl methyl sites for hydroxylation is 1. The second-order valence-corrected chi connectivity index (χ2v) is 5.83. The van der Waals surface area contributed by atoms with E-state index in [0.29, 0.717) is 24.3 Å². The van der Waals surface area contributed by atoms with E-state index in [4.69, 9.17) is 4.74 Å². The van der Waals surface area contributed by atoms with Gasteiger partial charge in [0.2, 0.25) is 5.92 Å². The maximum atomic E-state index is 13.6. The maximum absolute atomic E-state index is 13.6. The van der Waals surface area contributed by atoms with Crippen LogP contribution >= 0.6 is 0 Å². The zero-order valence-corrected chi connectivity index (χ0v) is 15.5. The molecule has 2 heterocycles. The lowest BCUT2D eigenvalue weighted by atomic mass is 10.0. The highest BCUT2D eigenvalue weighted by atomic mass is 19.3. The van der Waals surface area contributed by atoms with E-state index in [1.54, 1.807) is 4.90 Å². The van der Waals surface area contributed by atoms with Gasteiger partial charge in [-0.1, -0.05) is 13.8 Å². The molecule has 1 fully saturated rings. The van der Waals surface area contributed by atoms with Crippen molar-refractivity contribution in [3.63, 3.8) is 0 Å². The molecule has 0 radical (unpaired) electrons. The second kappa shape index (κ2) is 8.40. The van der Waals surface area contributed by atoms with E-state index in [2.05, 4.69) is 4.98 Å². The van der Waals surface area contributed by atoms with Gasteiger partial charge >= 0.3 is 5.97 Å².